The smallest absolute Gasteiger partial charge is 0.335 e. The van der Waals surface area contributed by atoms with Crippen LogP contribution in [0.2, 0.25) is 0 Å². The Kier molecular flexibility index (Phi) is 4.14. The Morgan fingerprint density at radius 2 is 2.20 bits per heavy atom. The summed E-state index contributed by atoms with van der Waals surface area (Å²) in [7, 11) is 0. The molecule has 1 aromatic carbocycles. The number of carbonyl (C=O) groups is 2. The Hall–Kier alpha value is -2.63. The fourth-order valence-corrected chi connectivity index (χ4v) is 1.80. The maximum absolute atomic E-state index is 11.8. The number of nitrogens with zero attached hydrogens (tertiary/aromatic N) is 2. The van der Waals surface area contributed by atoms with E-state index in [1.54, 1.807) is 36.1 Å². The van der Waals surface area contributed by atoms with Gasteiger partial charge in [-0.25, -0.2) is 4.79 Å². The van der Waals surface area contributed by atoms with Gasteiger partial charge in [0.05, 0.1) is 5.56 Å². The van der Waals surface area contributed by atoms with Gasteiger partial charge in [0.25, 0.3) is 0 Å². The van der Waals surface area contributed by atoms with E-state index in [2.05, 4.69) is 10.4 Å². The minimum Gasteiger partial charge on any atom is -0.478 e. The van der Waals surface area contributed by atoms with Crippen LogP contribution in [-0.2, 0) is 11.3 Å². The third-order valence-corrected chi connectivity index (χ3v) is 2.87. The van der Waals surface area contributed by atoms with Crippen molar-refractivity contribution in [1.29, 1.82) is 0 Å². The fourth-order valence-electron chi connectivity index (χ4n) is 1.80. The number of amides is 1. The molecule has 0 bridgehead atoms. The van der Waals surface area contributed by atoms with E-state index in [1.807, 2.05) is 0 Å². The van der Waals surface area contributed by atoms with Crippen molar-refractivity contribution in [2.75, 3.05) is 5.32 Å². The second-order valence-electron chi connectivity index (χ2n) is 4.40. The van der Waals surface area contributed by atoms with E-state index in [9.17, 15) is 9.59 Å². The van der Waals surface area contributed by atoms with Crippen molar-refractivity contribution < 1.29 is 14.7 Å². The Morgan fingerprint density at radius 3 is 2.80 bits per heavy atom. The molecule has 0 aliphatic carbocycles. The quantitative estimate of drug-likeness (QED) is 0.871. The number of rotatable bonds is 5. The summed E-state index contributed by atoms with van der Waals surface area (Å²) < 4.78 is 1.68. The lowest BCUT2D eigenvalue weighted by atomic mass is 10.1. The molecule has 0 fully saturated rings. The van der Waals surface area contributed by atoms with Gasteiger partial charge in [-0.1, -0.05) is 0 Å². The summed E-state index contributed by atoms with van der Waals surface area (Å²) in [5, 5.41) is 15.7. The number of aryl methyl sites for hydroxylation is 2. The Labute approximate surface area is 116 Å². The second kappa shape index (κ2) is 6.01. The number of carboxylic acids is 1. The first-order valence-electron chi connectivity index (χ1n) is 6.17. The number of hydrogen-bond donors (Lipinski definition) is 2. The summed E-state index contributed by atoms with van der Waals surface area (Å²) in [6.45, 7) is 2.26. The fraction of sp³-hybridized carbons (Fsp3) is 0.214. The van der Waals surface area contributed by atoms with E-state index in [4.69, 9.17) is 5.11 Å². The van der Waals surface area contributed by atoms with E-state index in [0.717, 1.165) is 5.56 Å². The number of carbonyl (C=O) groups excluding carboxylic acids is 1. The molecule has 0 radical (unpaired) electrons. The van der Waals surface area contributed by atoms with Gasteiger partial charge >= 0.3 is 5.97 Å². The van der Waals surface area contributed by atoms with Crippen LogP contribution in [0.15, 0.2) is 36.7 Å². The average molecular weight is 273 g/mol. The van der Waals surface area contributed by atoms with E-state index in [-0.39, 0.29) is 11.5 Å². The standard InChI is InChI=1S/C14H15N3O3/c1-10-9-11(14(19)20)3-4-12(10)16-13(18)5-8-17-7-2-6-15-17/h2-4,6-7,9H,5,8H2,1H3,(H,16,18)(H,19,20). The van der Waals surface area contributed by atoms with Gasteiger partial charge in [0, 0.05) is 31.0 Å². The summed E-state index contributed by atoms with van der Waals surface area (Å²) in [6, 6.07) is 6.40. The molecule has 2 aromatic rings. The number of hydrogen-bond acceptors (Lipinski definition) is 3. The normalized spacial score (nSPS) is 10.2. The maximum atomic E-state index is 11.8. The molecule has 6 nitrogen and oxygen atoms in total. The van der Waals surface area contributed by atoms with Crippen molar-refractivity contribution in [3.8, 4) is 0 Å². The first-order valence-corrected chi connectivity index (χ1v) is 6.17. The summed E-state index contributed by atoms with van der Waals surface area (Å²) in [5.74, 6) is -1.11. The molecule has 1 amide bonds. The molecule has 1 heterocycles. The molecule has 0 aliphatic heterocycles. The Morgan fingerprint density at radius 1 is 1.40 bits per heavy atom. The zero-order valence-electron chi connectivity index (χ0n) is 11.0. The van der Waals surface area contributed by atoms with Crippen molar-refractivity contribution in [3.05, 3.63) is 47.8 Å². The molecule has 6 heteroatoms. The number of aromatic nitrogens is 2. The third kappa shape index (κ3) is 3.44. The molecule has 0 atom stereocenters. The SMILES string of the molecule is Cc1cc(C(=O)O)ccc1NC(=O)CCn1cccn1. The monoisotopic (exact) mass is 273 g/mol. The molecule has 1 aromatic heterocycles. The van der Waals surface area contributed by atoms with Gasteiger partial charge in [0.1, 0.15) is 0 Å². The van der Waals surface area contributed by atoms with Gasteiger partial charge in [-0.3, -0.25) is 9.48 Å². The van der Waals surface area contributed by atoms with E-state index >= 15 is 0 Å². The van der Waals surface area contributed by atoms with E-state index in [0.29, 0.717) is 18.7 Å². The van der Waals surface area contributed by atoms with E-state index < -0.39 is 5.97 Å². The summed E-state index contributed by atoms with van der Waals surface area (Å²) >= 11 is 0. The average Bonchev–Trinajstić information content (AvgIpc) is 2.91. The highest BCUT2D eigenvalue weighted by molar-refractivity contribution is 5.93. The number of carboxylic acid groups (broad SMARTS) is 1. The predicted molar refractivity (Wildman–Crippen MR) is 73.6 cm³/mol. The zero-order chi connectivity index (χ0) is 14.5. The number of benzene rings is 1. The lowest BCUT2D eigenvalue weighted by Gasteiger charge is -2.09. The van der Waals surface area contributed by atoms with Crippen LogP contribution in [-0.4, -0.2) is 26.8 Å². The van der Waals surface area contributed by atoms with Crippen molar-refractivity contribution in [2.45, 2.75) is 19.9 Å². The van der Waals surface area contributed by atoms with Crippen LogP contribution in [0.1, 0.15) is 22.3 Å². The van der Waals surface area contributed by atoms with Gasteiger partial charge in [-0.2, -0.15) is 5.10 Å². The van der Waals surface area contributed by atoms with Crippen LogP contribution in [0.3, 0.4) is 0 Å². The molecular formula is C14H15N3O3. The van der Waals surface area contributed by atoms with Crippen LogP contribution >= 0.6 is 0 Å². The molecule has 2 N–H and O–H groups in total. The van der Waals surface area contributed by atoms with Crippen LogP contribution in [0.5, 0.6) is 0 Å². The minimum atomic E-state index is -0.982. The summed E-state index contributed by atoms with van der Waals surface area (Å²) in [4.78, 5) is 22.6. The molecule has 0 saturated heterocycles. The molecule has 0 spiro atoms. The first-order chi connectivity index (χ1) is 9.56. The van der Waals surface area contributed by atoms with Crippen LogP contribution in [0.25, 0.3) is 0 Å². The second-order valence-corrected chi connectivity index (χ2v) is 4.40. The maximum Gasteiger partial charge on any atom is 0.335 e. The van der Waals surface area contributed by atoms with E-state index in [1.165, 1.54) is 12.1 Å². The highest BCUT2D eigenvalue weighted by Crippen LogP contribution is 2.16. The lowest BCUT2D eigenvalue weighted by Crippen LogP contribution is -2.15. The molecule has 104 valence electrons. The highest BCUT2D eigenvalue weighted by Gasteiger charge is 2.08. The highest BCUT2D eigenvalue weighted by atomic mass is 16.4. The van der Waals surface area contributed by atoms with Gasteiger partial charge < -0.3 is 10.4 Å². The van der Waals surface area contributed by atoms with Crippen LogP contribution in [0, 0.1) is 6.92 Å². The summed E-state index contributed by atoms with van der Waals surface area (Å²) in [6.07, 6.45) is 3.76. The van der Waals surface area contributed by atoms with Gasteiger partial charge in [0.2, 0.25) is 5.91 Å². The van der Waals surface area contributed by atoms with Crippen molar-refractivity contribution in [2.24, 2.45) is 0 Å². The minimum absolute atomic E-state index is 0.133. The first kappa shape index (κ1) is 13.8. The zero-order valence-corrected chi connectivity index (χ0v) is 11.0. The molecule has 20 heavy (non-hydrogen) atoms. The van der Waals surface area contributed by atoms with Gasteiger partial charge in [-0.05, 0) is 36.8 Å². The third-order valence-electron chi connectivity index (χ3n) is 2.87. The molecule has 2 rings (SSSR count). The number of aromatic carboxylic acids is 1. The van der Waals surface area contributed by atoms with Gasteiger partial charge in [0.15, 0.2) is 0 Å². The Balaban J connectivity index is 1.95. The molecular weight excluding hydrogens is 258 g/mol. The van der Waals surface area contributed by atoms with Crippen LogP contribution < -0.4 is 5.32 Å². The molecule has 0 aliphatic rings. The summed E-state index contributed by atoms with van der Waals surface area (Å²) in [5.41, 5.74) is 1.55. The van der Waals surface area contributed by atoms with Crippen molar-refractivity contribution >= 4 is 17.6 Å². The largest absolute Gasteiger partial charge is 0.478 e. The topological polar surface area (TPSA) is 84.2 Å². The van der Waals surface area contributed by atoms with Crippen molar-refractivity contribution in [3.63, 3.8) is 0 Å². The predicted octanol–water partition coefficient (Wildman–Crippen LogP) is 1.92. The number of nitrogens with one attached hydrogen (secondary N) is 1. The molecule has 0 unspecified atom stereocenters. The van der Waals surface area contributed by atoms with Gasteiger partial charge in [-0.15, -0.1) is 0 Å². The van der Waals surface area contributed by atoms with Crippen molar-refractivity contribution in [1.82, 2.24) is 9.78 Å². The lowest BCUT2D eigenvalue weighted by molar-refractivity contribution is -0.116. The Bertz CT molecular complexity index is 621. The number of anilines is 1. The molecule has 0 saturated carbocycles. The van der Waals surface area contributed by atoms with Crippen LogP contribution in [0.4, 0.5) is 5.69 Å².